The van der Waals surface area contributed by atoms with Gasteiger partial charge in [0, 0.05) is 6.42 Å². The van der Waals surface area contributed by atoms with Crippen LogP contribution >= 0.6 is 0 Å². The Morgan fingerprint density at radius 3 is 2.42 bits per heavy atom. The maximum atomic E-state index is 9.99. The lowest BCUT2D eigenvalue weighted by molar-refractivity contribution is -0.109. The molecule has 0 aliphatic rings. The molecule has 0 aromatic heterocycles. The molecule has 0 spiro atoms. The highest BCUT2D eigenvalue weighted by Gasteiger charge is 2.16. The van der Waals surface area contributed by atoms with Gasteiger partial charge in [-0.3, -0.25) is 0 Å². The van der Waals surface area contributed by atoms with E-state index in [0.717, 1.165) is 6.42 Å². The van der Waals surface area contributed by atoms with Gasteiger partial charge in [-0.05, 0) is 12.3 Å². The molecule has 0 aliphatic carbocycles. The molecule has 0 aromatic carbocycles. The predicted octanol–water partition coefficient (Wildman–Crippen LogP) is 0.733. The molecule has 3 unspecified atom stereocenters. The molecule has 3 heteroatoms. The third-order valence-corrected chi connectivity index (χ3v) is 2.18. The first kappa shape index (κ1) is 11.6. The SMILES string of the molecule is CCC(C)C(O)CC(O)CC=O. The fraction of sp³-hybridized carbons (Fsp3) is 0.889. The molecular weight excluding hydrogens is 156 g/mol. The van der Waals surface area contributed by atoms with Crippen molar-refractivity contribution in [2.24, 2.45) is 5.92 Å². The molecule has 0 saturated heterocycles. The first-order chi connectivity index (χ1) is 5.61. The van der Waals surface area contributed by atoms with Crippen molar-refractivity contribution in [2.45, 2.75) is 45.3 Å². The summed E-state index contributed by atoms with van der Waals surface area (Å²) in [5, 5.41) is 18.6. The molecule has 0 radical (unpaired) electrons. The quantitative estimate of drug-likeness (QED) is 0.584. The third-order valence-electron chi connectivity index (χ3n) is 2.18. The molecule has 0 aliphatic heterocycles. The van der Waals surface area contributed by atoms with Gasteiger partial charge in [0.05, 0.1) is 12.2 Å². The molecule has 3 atom stereocenters. The number of aldehydes is 1. The minimum Gasteiger partial charge on any atom is -0.393 e. The van der Waals surface area contributed by atoms with E-state index in [2.05, 4.69) is 0 Å². The van der Waals surface area contributed by atoms with Crippen molar-refractivity contribution in [3.8, 4) is 0 Å². The van der Waals surface area contributed by atoms with Crippen LogP contribution in [0.5, 0.6) is 0 Å². The van der Waals surface area contributed by atoms with Gasteiger partial charge in [0.15, 0.2) is 0 Å². The van der Waals surface area contributed by atoms with Crippen LogP contribution in [-0.4, -0.2) is 28.7 Å². The van der Waals surface area contributed by atoms with Gasteiger partial charge in [-0.25, -0.2) is 0 Å². The largest absolute Gasteiger partial charge is 0.393 e. The highest BCUT2D eigenvalue weighted by Crippen LogP contribution is 2.13. The summed E-state index contributed by atoms with van der Waals surface area (Å²) in [6, 6.07) is 0. The summed E-state index contributed by atoms with van der Waals surface area (Å²) in [4.78, 5) is 9.99. The van der Waals surface area contributed by atoms with Crippen molar-refractivity contribution in [1.29, 1.82) is 0 Å². The minimum absolute atomic E-state index is 0.119. The number of aliphatic hydroxyl groups excluding tert-OH is 2. The summed E-state index contributed by atoms with van der Waals surface area (Å²) in [5.74, 6) is 0.186. The zero-order valence-corrected chi connectivity index (χ0v) is 7.73. The highest BCUT2D eigenvalue weighted by atomic mass is 16.3. The van der Waals surface area contributed by atoms with E-state index < -0.39 is 12.2 Å². The summed E-state index contributed by atoms with van der Waals surface area (Å²) in [6.07, 6.45) is 0.793. The third kappa shape index (κ3) is 4.46. The lowest BCUT2D eigenvalue weighted by Gasteiger charge is -2.19. The van der Waals surface area contributed by atoms with E-state index in [1.54, 1.807) is 0 Å². The Balaban J connectivity index is 3.66. The summed E-state index contributed by atoms with van der Waals surface area (Å²) >= 11 is 0. The van der Waals surface area contributed by atoms with Gasteiger partial charge in [0.2, 0.25) is 0 Å². The van der Waals surface area contributed by atoms with E-state index in [9.17, 15) is 15.0 Å². The van der Waals surface area contributed by atoms with Gasteiger partial charge >= 0.3 is 0 Å². The topological polar surface area (TPSA) is 57.5 Å². The molecule has 0 amide bonds. The van der Waals surface area contributed by atoms with Crippen molar-refractivity contribution in [3.05, 3.63) is 0 Å². The van der Waals surface area contributed by atoms with Crippen LogP contribution < -0.4 is 0 Å². The van der Waals surface area contributed by atoms with Crippen LogP contribution in [0.2, 0.25) is 0 Å². The molecule has 0 aromatic rings. The second-order valence-corrected chi connectivity index (χ2v) is 3.24. The van der Waals surface area contributed by atoms with Crippen molar-refractivity contribution in [2.75, 3.05) is 0 Å². The molecule has 2 N–H and O–H groups in total. The molecule has 0 bridgehead atoms. The number of carbonyl (C=O) groups excluding carboxylic acids is 1. The number of hydrogen-bond donors (Lipinski definition) is 2. The van der Waals surface area contributed by atoms with Gasteiger partial charge in [0.25, 0.3) is 0 Å². The number of rotatable bonds is 6. The van der Waals surface area contributed by atoms with E-state index in [0.29, 0.717) is 12.7 Å². The van der Waals surface area contributed by atoms with Crippen LogP contribution in [0.4, 0.5) is 0 Å². The highest BCUT2D eigenvalue weighted by molar-refractivity contribution is 5.49. The standard InChI is InChI=1S/C9H18O3/c1-3-7(2)9(12)6-8(11)4-5-10/h5,7-9,11-12H,3-4,6H2,1-2H3. The molecule has 0 rings (SSSR count). The van der Waals surface area contributed by atoms with Crippen molar-refractivity contribution in [3.63, 3.8) is 0 Å². The van der Waals surface area contributed by atoms with E-state index in [4.69, 9.17) is 0 Å². The zero-order valence-electron chi connectivity index (χ0n) is 7.73. The molecule has 0 heterocycles. The fourth-order valence-corrected chi connectivity index (χ4v) is 0.990. The summed E-state index contributed by atoms with van der Waals surface area (Å²) < 4.78 is 0. The first-order valence-corrected chi connectivity index (χ1v) is 4.41. The monoisotopic (exact) mass is 174 g/mol. The van der Waals surface area contributed by atoms with Crippen LogP contribution in [0.3, 0.4) is 0 Å². The van der Waals surface area contributed by atoms with E-state index in [1.807, 2.05) is 13.8 Å². The second-order valence-electron chi connectivity index (χ2n) is 3.24. The average Bonchev–Trinajstić information content (AvgIpc) is 2.03. The van der Waals surface area contributed by atoms with Crippen molar-refractivity contribution >= 4 is 6.29 Å². The molecule has 12 heavy (non-hydrogen) atoms. The van der Waals surface area contributed by atoms with Gasteiger partial charge in [-0.15, -0.1) is 0 Å². The van der Waals surface area contributed by atoms with Crippen LogP contribution in [-0.2, 0) is 4.79 Å². The molecular formula is C9H18O3. The smallest absolute Gasteiger partial charge is 0.122 e. The normalized spacial score (nSPS) is 18.3. The molecule has 0 fully saturated rings. The Bertz CT molecular complexity index is 125. The Morgan fingerprint density at radius 2 is 2.00 bits per heavy atom. The number of carbonyl (C=O) groups is 1. The number of aliphatic hydroxyl groups is 2. The van der Waals surface area contributed by atoms with Crippen molar-refractivity contribution in [1.82, 2.24) is 0 Å². The van der Waals surface area contributed by atoms with Crippen LogP contribution in [0, 0.1) is 5.92 Å². The van der Waals surface area contributed by atoms with Crippen LogP contribution in [0.1, 0.15) is 33.1 Å². The maximum Gasteiger partial charge on any atom is 0.122 e. The predicted molar refractivity (Wildman–Crippen MR) is 46.8 cm³/mol. The van der Waals surface area contributed by atoms with Crippen LogP contribution in [0.15, 0.2) is 0 Å². The maximum absolute atomic E-state index is 9.99. The van der Waals surface area contributed by atoms with Crippen molar-refractivity contribution < 1.29 is 15.0 Å². The lowest BCUT2D eigenvalue weighted by Crippen LogP contribution is -2.23. The first-order valence-electron chi connectivity index (χ1n) is 4.41. The lowest BCUT2D eigenvalue weighted by atomic mass is 9.96. The molecule has 0 saturated carbocycles. The number of hydrogen-bond acceptors (Lipinski definition) is 3. The van der Waals surface area contributed by atoms with E-state index >= 15 is 0 Å². The Labute approximate surface area is 73.4 Å². The summed E-state index contributed by atoms with van der Waals surface area (Å²) in [7, 11) is 0. The van der Waals surface area contributed by atoms with Gasteiger partial charge in [-0.2, -0.15) is 0 Å². The van der Waals surface area contributed by atoms with Crippen LogP contribution in [0.25, 0.3) is 0 Å². The Hall–Kier alpha value is -0.410. The van der Waals surface area contributed by atoms with E-state index in [1.165, 1.54) is 0 Å². The second kappa shape index (κ2) is 6.14. The van der Waals surface area contributed by atoms with E-state index in [-0.39, 0.29) is 12.3 Å². The van der Waals surface area contributed by atoms with Gasteiger partial charge in [0.1, 0.15) is 6.29 Å². The zero-order chi connectivity index (χ0) is 9.56. The minimum atomic E-state index is -0.688. The molecule has 72 valence electrons. The summed E-state index contributed by atoms with van der Waals surface area (Å²) in [5.41, 5.74) is 0. The Kier molecular flexibility index (Phi) is 5.93. The fourth-order valence-electron chi connectivity index (χ4n) is 0.990. The summed E-state index contributed by atoms with van der Waals surface area (Å²) in [6.45, 7) is 3.91. The van der Waals surface area contributed by atoms with Gasteiger partial charge in [-0.1, -0.05) is 20.3 Å². The molecule has 3 nitrogen and oxygen atoms in total. The van der Waals surface area contributed by atoms with Gasteiger partial charge < -0.3 is 15.0 Å². The Morgan fingerprint density at radius 1 is 1.42 bits per heavy atom. The average molecular weight is 174 g/mol.